The summed E-state index contributed by atoms with van der Waals surface area (Å²) in [6.45, 7) is 6.25. The van der Waals surface area contributed by atoms with Crippen LogP contribution in [-0.2, 0) is 4.74 Å². The molecule has 1 fully saturated rings. The van der Waals surface area contributed by atoms with Gasteiger partial charge in [-0.1, -0.05) is 60.7 Å². The fourth-order valence-electron chi connectivity index (χ4n) is 3.24. The van der Waals surface area contributed by atoms with Gasteiger partial charge in [-0.05, 0) is 27.2 Å². The van der Waals surface area contributed by atoms with Gasteiger partial charge in [0.25, 0.3) is 0 Å². The van der Waals surface area contributed by atoms with Gasteiger partial charge in [0.05, 0.1) is 24.4 Å². The van der Waals surface area contributed by atoms with Gasteiger partial charge in [0.2, 0.25) is 0 Å². The SMILES string of the molecule is CC(C)(C)OC(=O)N1CC[C@@H](N=C(c2ccccc2)c2ccccc2)[C@H](O)C1. The summed E-state index contributed by atoms with van der Waals surface area (Å²) in [5.74, 6) is 0. The zero-order chi connectivity index (χ0) is 20.1. The molecule has 28 heavy (non-hydrogen) atoms. The molecule has 2 atom stereocenters. The van der Waals surface area contributed by atoms with E-state index in [9.17, 15) is 9.90 Å². The molecule has 0 aliphatic carbocycles. The first-order valence-corrected chi connectivity index (χ1v) is 9.68. The Hall–Kier alpha value is -2.66. The van der Waals surface area contributed by atoms with Crippen LogP contribution in [0.3, 0.4) is 0 Å². The van der Waals surface area contributed by atoms with Crippen molar-refractivity contribution >= 4 is 11.8 Å². The summed E-state index contributed by atoms with van der Waals surface area (Å²) < 4.78 is 5.42. The third-order valence-electron chi connectivity index (χ3n) is 4.59. The Morgan fingerprint density at radius 3 is 2.04 bits per heavy atom. The Balaban J connectivity index is 1.80. The van der Waals surface area contributed by atoms with Crippen molar-refractivity contribution < 1.29 is 14.6 Å². The fourth-order valence-corrected chi connectivity index (χ4v) is 3.24. The number of piperidine rings is 1. The molecular formula is C23H28N2O3. The van der Waals surface area contributed by atoms with Gasteiger partial charge in [0.1, 0.15) is 5.60 Å². The number of nitrogens with zero attached hydrogens (tertiary/aromatic N) is 2. The van der Waals surface area contributed by atoms with Crippen LogP contribution in [0, 0.1) is 0 Å². The number of β-amino-alcohol motifs (C(OH)–C–C–N with tert-alkyl or cyclic N) is 1. The standard InChI is InChI=1S/C23H28N2O3/c1-23(2,3)28-22(27)25-15-14-19(20(26)16-25)24-21(17-10-6-4-7-11-17)18-12-8-5-9-13-18/h4-13,19-20,26H,14-16H2,1-3H3/t19-,20-/m1/s1. The molecule has 2 aromatic carbocycles. The summed E-state index contributed by atoms with van der Waals surface area (Å²) in [6.07, 6.45) is -0.534. The van der Waals surface area contributed by atoms with E-state index in [1.165, 1.54) is 0 Å². The monoisotopic (exact) mass is 380 g/mol. The molecular weight excluding hydrogens is 352 g/mol. The Labute approximate surface area is 166 Å². The van der Waals surface area contributed by atoms with Gasteiger partial charge in [-0.3, -0.25) is 4.99 Å². The Morgan fingerprint density at radius 2 is 1.57 bits per heavy atom. The Bertz CT molecular complexity index is 771. The van der Waals surface area contributed by atoms with Crippen LogP contribution in [0.25, 0.3) is 0 Å². The summed E-state index contributed by atoms with van der Waals surface area (Å²) in [6, 6.07) is 19.7. The van der Waals surface area contributed by atoms with Gasteiger partial charge < -0.3 is 14.7 Å². The van der Waals surface area contributed by atoms with Crippen LogP contribution in [-0.4, -0.2) is 52.6 Å². The molecule has 0 radical (unpaired) electrons. The average Bonchev–Trinajstić information content (AvgIpc) is 2.67. The van der Waals surface area contributed by atoms with Crippen molar-refractivity contribution in [3.05, 3.63) is 71.8 Å². The molecule has 0 saturated carbocycles. The maximum atomic E-state index is 12.3. The smallest absolute Gasteiger partial charge is 0.410 e. The van der Waals surface area contributed by atoms with Crippen molar-refractivity contribution in [3.63, 3.8) is 0 Å². The maximum absolute atomic E-state index is 12.3. The predicted octanol–water partition coefficient (Wildman–Crippen LogP) is 3.89. The maximum Gasteiger partial charge on any atom is 0.410 e. The van der Waals surface area contributed by atoms with Crippen molar-refractivity contribution in [2.75, 3.05) is 13.1 Å². The quantitative estimate of drug-likeness (QED) is 0.822. The van der Waals surface area contributed by atoms with Crippen molar-refractivity contribution in [3.8, 4) is 0 Å². The number of carbonyl (C=O) groups excluding carboxylic acids is 1. The Morgan fingerprint density at radius 1 is 1.04 bits per heavy atom. The summed E-state index contributed by atoms with van der Waals surface area (Å²) in [5, 5.41) is 10.7. The van der Waals surface area contributed by atoms with E-state index in [0.29, 0.717) is 13.0 Å². The first-order chi connectivity index (χ1) is 13.3. The van der Waals surface area contributed by atoms with Gasteiger partial charge >= 0.3 is 6.09 Å². The highest BCUT2D eigenvalue weighted by Crippen LogP contribution is 2.20. The fraction of sp³-hybridized carbons (Fsp3) is 0.391. The highest BCUT2D eigenvalue weighted by molar-refractivity contribution is 6.13. The van der Waals surface area contributed by atoms with E-state index in [1.54, 1.807) is 4.90 Å². The number of hydrogen-bond acceptors (Lipinski definition) is 4. The highest BCUT2D eigenvalue weighted by atomic mass is 16.6. The summed E-state index contributed by atoms with van der Waals surface area (Å²) >= 11 is 0. The second-order valence-corrected chi connectivity index (χ2v) is 8.06. The van der Waals surface area contributed by atoms with Gasteiger partial charge in [-0.2, -0.15) is 0 Å². The number of likely N-dealkylation sites (tertiary alicyclic amines) is 1. The topological polar surface area (TPSA) is 62.1 Å². The normalized spacial score (nSPS) is 19.8. The van der Waals surface area contributed by atoms with Crippen molar-refractivity contribution in [1.82, 2.24) is 4.90 Å². The van der Waals surface area contributed by atoms with Crippen LogP contribution in [0.5, 0.6) is 0 Å². The molecule has 1 saturated heterocycles. The molecule has 1 aliphatic rings. The number of aliphatic hydroxyl groups is 1. The van der Waals surface area contributed by atoms with Crippen LogP contribution < -0.4 is 0 Å². The number of ether oxygens (including phenoxy) is 1. The second kappa shape index (κ2) is 8.57. The number of hydrogen-bond donors (Lipinski definition) is 1. The highest BCUT2D eigenvalue weighted by Gasteiger charge is 2.32. The van der Waals surface area contributed by atoms with Gasteiger partial charge in [-0.25, -0.2) is 4.79 Å². The van der Waals surface area contributed by atoms with Gasteiger partial charge in [0.15, 0.2) is 0 Å². The van der Waals surface area contributed by atoms with E-state index >= 15 is 0 Å². The molecule has 3 rings (SSSR count). The molecule has 1 heterocycles. The lowest BCUT2D eigenvalue weighted by molar-refractivity contribution is -0.000365. The number of aliphatic imine (C=N–C) groups is 1. The minimum absolute atomic E-state index is 0.222. The molecule has 1 aliphatic heterocycles. The Kier molecular flexibility index (Phi) is 6.15. The van der Waals surface area contributed by atoms with E-state index in [4.69, 9.17) is 9.73 Å². The van der Waals surface area contributed by atoms with Gasteiger partial charge in [0, 0.05) is 17.7 Å². The van der Waals surface area contributed by atoms with E-state index < -0.39 is 11.7 Å². The number of aliphatic hydroxyl groups excluding tert-OH is 1. The van der Waals surface area contributed by atoms with Crippen LogP contribution in [0.1, 0.15) is 38.3 Å². The molecule has 5 nitrogen and oxygen atoms in total. The number of carbonyl (C=O) groups is 1. The number of amides is 1. The number of benzene rings is 2. The summed E-state index contributed by atoms with van der Waals surface area (Å²) in [5.41, 5.74) is 2.33. The first kappa shape index (κ1) is 20.1. The van der Waals surface area contributed by atoms with Crippen LogP contribution in [0.15, 0.2) is 65.7 Å². The number of rotatable bonds is 3. The zero-order valence-corrected chi connectivity index (χ0v) is 16.7. The second-order valence-electron chi connectivity index (χ2n) is 8.06. The largest absolute Gasteiger partial charge is 0.444 e. The first-order valence-electron chi connectivity index (χ1n) is 9.68. The average molecular weight is 380 g/mol. The molecule has 2 aromatic rings. The molecule has 0 spiro atoms. The predicted molar refractivity (Wildman–Crippen MR) is 111 cm³/mol. The van der Waals surface area contributed by atoms with E-state index in [-0.39, 0.29) is 18.7 Å². The molecule has 1 amide bonds. The van der Waals surface area contributed by atoms with E-state index in [2.05, 4.69) is 0 Å². The third-order valence-corrected chi connectivity index (χ3v) is 4.59. The lowest BCUT2D eigenvalue weighted by atomic mass is 9.99. The van der Waals surface area contributed by atoms with Crippen molar-refractivity contribution in [2.24, 2.45) is 4.99 Å². The van der Waals surface area contributed by atoms with Crippen LogP contribution >= 0.6 is 0 Å². The van der Waals surface area contributed by atoms with Gasteiger partial charge in [-0.15, -0.1) is 0 Å². The minimum Gasteiger partial charge on any atom is -0.444 e. The molecule has 0 unspecified atom stereocenters. The molecule has 0 bridgehead atoms. The van der Waals surface area contributed by atoms with E-state index in [0.717, 1.165) is 16.8 Å². The molecule has 1 N–H and O–H groups in total. The third kappa shape index (κ3) is 5.20. The van der Waals surface area contributed by atoms with Crippen molar-refractivity contribution in [2.45, 2.75) is 44.9 Å². The molecule has 148 valence electrons. The van der Waals surface area contributed by atoms with E-state index in [1.807, 2.05) is 81.4 Å². The molecule has 0 aromatic heterocycles. The van der Waals surface area contributed by atoms with Crippen LogP contribution in [0.4, 0.5) is 4.79 Å². The lowest BCUT2D eigenvalue weighted by Gasteiger charge is -2.35. The lowest BCUT2D eigenvalue weighted by Crippen LogP contribution is -2.50. The zero-order valence-electron chi connectivity index (χ0n) is 16.7. The minimum atomic E-state index is -0.733. The van der Waals surface area contributed by atoms with Crippen LogP contribution in [0.2, 0.25) is 0 Å². The van der Waals surface area contributed by atoms with Crippen molar-refractivity contribution in [1.29, 1.82) is 0 Å². The molecule has 5 heteroatoms. The summed E-state index contributed by atoms with van der Waals surface area (Å²) in [4.78, 5) is 18.8. The summed E-state index contributed by atoms with van der Waals surface area (Å²) in [7, 11) is 0.